The maximum atomic E-state index is 2.39. The Kier molecular flexibility index (Phi) is 7.67. The second-order valence-electron chi connectivity index (χ2n) is 13.6. The minimum absolute atomic E-state index is 1.17. The molecule has 0 N–H and O–H groups in total. The number of aryl methyl sites for hydroxylation is 2. The third kappa shape index (κ3) is 5.83. The van der Waals surface area contributed by atoms with Crippen molar-refractivity contribution in [1.29, 1.82) is 0 Å². The summed E-state index contributed by atoms with van der Waals surface area (Å²) in [6, 6.07) is 68.9. The smallest absolute Gasteiger partial charge is 0.0541 e. The van der Waals surface area contributed by atoms with Gasteiger partial charge in [0.1, 0.15) is 0 Å². The van der Waals surface area contributed by atoms with Crippen LogP contribution in [0.15, 0.2) is 188 Å². The molecule has 0 aliphatic heterocycles. The molecule has 0 aliphatic carbocycles. The number of nitrogens with zero attached hydrogens (tertiary/aromatic N) is 1. The lowest BCUT2D eigenvalue weighted by atomic mass is 9.92. The van der Waals surface area contributed by atoms with Gasteiger partial charge in [0.2, 0.25) is 0 Å². The van der Waals surface area contributed by atoms with Gasteiger partial charge in [-0.1, -0.05) is 145 Å². The number of rotatable bonds is 6. The van der Waals surface area contributed by atoms with Gasteiger partial charge in [-0.3, -0.25) is 0 Å². The first-order chi connectivity index (χ1) is 25.1. The van der Waals surface area contributed by atoms with Crippen LogP contribution in [0.3, 0.4) is 0 Å². The summed E-state index contributed by atoms with van der Waals surface area (Å²) in [4.78, 5) is 0. The van der Waals surface area contributed by atoms with Gasteiger partial charge in [0.05, 0.1) is 11.0 Å². The van der Waals surface area contributed by atoms with Crippen LogP contribution >= 0.6 is 0 Å². The zero-order valence-electron chi connectivity index (χ0n) is 28.8. The third-order valence-corrected chi connectivity index (χ3v) is 10.1. The first-order valence-corrected chi connectivity index (χ1v) is 17.7. The number of benzene rings is 8. The predicted molar refractivity (Wildman–Crippen MR) is 217 cm³/mol. The standard InChI is InChI=1S/C50H37N/c1-34-13-17-37(18-14-34)41-25-27-49-47(32-41)48-33-42(26-28-50(48)51(49)46-11-7-4-8-12-46)38-21-23-40(24-22-38)45-30-43(36-9-5-3-6-10-36)29-44(31-45)39-19-15-35(2)16-20-39/h3-33H,1-2H3. The monoisotopic (exact) mass is 651 g/mol. The largest absolute Gasteiger partial charge is 0.309 e. The summed E-state index contributed by atoms with van der Waals surface area (Å²) in [6.07, 6.45) is 0. The molecule has 0 radical (unpaired) electrons. The molecule has 0 spiro atoms. The molecule has 0 atom stereocenters. The zero-order valence-corrected chi connectivity index (χ0v) is 28.8. The van der Waals surface area contributed by atoms with Gasteiger partial charge in [-0.25, -0.2) is 0 Å². The molecular weight excluding hydrogens is 615 g/mol. The molecule has 1 heteroatoms. The summed E-state index contributed by atoms with van der Waals surface area (Å²) in [6.45, 7) is 4.28. The van der Waals surface area contributed by atoms with Crippen LogP contribution in [-0.2, 0) is 0 Å². The van der Waals surface area contributed by atoms with Gasteiger partial charge in [0.15, 0.2) is 0 Å². The Labute approximate surface area is 299 Å². The molecule has 51 heavy (non-hydrogen) atoms. The molecular formula is C50H37N. The van der Waals surface area contributed by atoms with E-state index in [9.17, 15) is 0 Å². The van der Waals surface area contributed by atoms with Gasteiger partial charge in [-0.15, -0.1) is 0 Å². The average molecular weight is 652 g/mol. The molecule has 9 rings (SSSR count). The average Bonchev–Trinajstić information content (AvgIpc) is 3.52. The van der Waals surface area contributed by atoms with Crippen molar-refractivity contribution in [2.45, 2.75) is 13.8 Å². The van der Waals surface area contributed by atoms with Crippen molar-refractivity contribution in [3.8, 4) is 61.3 Å². The van der Waals surface area contributed by atoms with Crippen LogP contribution in [0.4, 0.5) is 0 Å². The van der Waals surface area contributed by atoms with E-state index in [1.54, 1.807) is 0 Å². The lowest BCUT2D eigenvalue weighted by Gasteiger charge is -2.12. The summed E-state index contributed by atoms with van der Waals surface area (Å²) in [7, 11) is 0. The van der Waals surface area contributed by atoms with Crippen molar-refractivity contribution >= 4 is 21.8 Å². The van der Waals surface area contributed by atoms with Gasteiger partial charge in [-0.05, 0) is 124 Å². The molecule has 8 aromatic carbocycles. The van der Waals surface area contributed by atoms with Gasteiger partial charge in [-0.2, -0.15) is 0 Å². The second kappa shape index (κ2) is 12.8. The highest BCUT2D eigenvalue weighted by atomic mass is 15.0. The first-order valence-electron chi connectivity index (χ1n) is 17.7. The molecule has 0 saturated carbocycles. The third-order valence-electron chi connectivity index (χ3n) is 10.1. The molecule has 1 heterocycles. The molecule has 0 unspecified atom stereocenters. The van der Waals surface area contributed by atoms with Crippen LogP contribution in [0.5, 0.6) is 0 Å². The second-order valence-corrected chi connectivity index (χ2v) is 13.6. The fourth-order valence-electron chi connectivity index (χ4n) is 7.34. The molecule has 1 aromatic heterocycles. The number of hydrogen-bond donors (Lipinski definition) is 0. The van der Waals surface area contributed by atoms with E-state index in [1.165, 1.54) is 94.3 Å². The van der Waals surface area contributed by atoms with E-state index in [4.69, 9.17) is 0 Å². The zero-order chi connectivity index (χ0) is 34.3. The summed E-state index contributed by atoms with van der Waals surface area (Å²) in [5.74, 6) is 0. The Hall–Kier alpha value is -6.44. The van der Waals surface area contributed by atoms with Gasteiger partial charge < -0.3 is 4.57 Å². The highest BCUT2D eigenvalue weighted by Crippen LogP contribution is 2.38. The predicted octanol–water partition coefficient (Wildman–Crippen LogP) is 13.7. The van der Waals surface area contributed by atoms with Gasteiger partial charge in [0.25, 0.3) is 0 Å². The number of aromatic nitrogens is 1. The fraction of sp³-hybridized carbons (Fsp3) is 0.0400. The van der Waals surface area contributed by atoms with E-state index in [0.29, 0.717) is 0 Å². The molecule has 0 aliphatic rings. The van der Waals surface area contributed by atoms with Crippen LogP contribution in [0.25, 0.3) is 83.1 Å². The van der Waals surface area contributed by atoms with Crippen molar-refractivity contribution in [3.05, 3.63) is 199 Å². The molecule has 9 aromatic rings. The van der Waals surface area contributed by atoms with Crippen LogP contribution in [0.2, 0.25) is 0 Å². The number of para-hydroxylation sites is 1. The van der Waals surface area contributed by atoms with Crippen molar-refractivity contribution in [2.75, 3.05) is 0 Å². The van der Waals surface area contributed by atoms with E-state index in [0.717, 1.165) is 0 Å². The van der Waals surface area contributed by atoms with E-state index < -0.39 is 0 Å². The normalized spacial score (nSPS) is 11.3. The first kappa shape index (κ1) is 30.6. The summed E-state index contributed by atoms with van der Waals surface area (Å²) in [5, 5.41) is 2.51. The van der Waals surface area contributed by atoms with E-state index in [1.807, 2.05) is 0 Å². The molecule has 0 fully saturated rings. The van der Waals surface area contributed by atoms with Crippen LogP contribution in [0, 0.1) is 13.8 Å². The maximum Gasteiger partial charge on any atom is 0.0541 e. The van der Waals surface area contributed by atoms with E-state index in [2.05, 4.69) is 206 Å². The minimum atomic E-state index is 1.17. The summed E-state index contributed by atoms with van der Waals surface area (Å²) >= 11 is 0. The molecule has 242 valence electrons. The highest BCUT2D eigenvalue weighted by molar-refractivity contribution is 6.11. The molecule has 1 nitrogen and oxygen atoms in total. The number of hydrogen-bond acceptors (Lipinski definition) is 0. The Morgan fingerprint density at radius 3 is 1.04 bits per heavy atom. The molecule has 0 saturated heterocycles. The van der Waals surface area contributed by atoms with Crippen molar-refractivity contribution in [3.63, 3.8) is 0 Å². The Balaban J connectivity index is 1.14. The minimum Gasteiger partial charge on any atom is -0.309 e. The molecule has 0 bridgehead atoms. The van der Waals surface area contributed by atoms with Gasteiger partial charge in [0, 0.05) is 16.5 Å². The number of fused-ring (bicyclic) bond motifs is 3. The quantitative estimate of drug-likeness (QED) is 0.169. The van der Waals surface area contributed by atoms with E-state index in [-0.39, 0.29) is 0 Å². The van der Waals surface area contributed by atoms with E-state index >= 15 is 0 Å². The summed E-state index contributed by atoms with van der Waals surface area (Å²) < 4.78 is 2.39. The molecule has 0 amide bonds. The Morgan fingerprint density at radius 1 is 0.275 bits per heavy atom. The van der Waals surface area contributed by atoms with Gasteiger partial charge >= 0.3 is 0 Å². The SMILES string of the molecule is Cc1ccc(-c2cc(-c3ccccc3)cc(-c3ccc(-c4ccc5c(c4)c4cc(-c6ccc(C)cc6)ccc4n5-c4ccccc4)cc3)c2)cc1. The van der Waals surface area contributed by atoms with Crippen molar-refractivity contribution in [2.24, 2.45) is 0 Å². The van der Waals surface area contributed by atoms with Crippen molar-refractivity contribution < 1.29 is 0 Å². The fourth-order valence-corrected chi connectivity index (χ4v) is 7.34. The van der Waals surface area contributed by atoms with Crippen molar-refractivity contribution in [1.82, 2.24) is 4.57 Å². The Bertz CT molecular complexity index is 2640. The Morgan fingerprint density at radius 2 is 0.608 bits per heavy atom. The lowest BCUT2D eigenvalue weighted by molar-refractivity contribution is 1.18. The topological polar surface area (TPSA) is 4.93 Å². The van der Waals surface area contributed by atoms with Crippen LogP contribution < -0.4 is 0 Å². The lowest BCUT2D eigenvalue weighted by Crippen LogP contribution is -1.93. The maximum absolute atomic E-state index is 2.39. The highest BCUT2D eigenvalue weighted by Gasteiger charge is 2.15. The summed E-state index contributed by atoms with van der Waals surface area (Å²) in [5.41, 5.74) is 18.3. The van der Waals surface area contributed by atoms with Crippen LogP contribution in [-0.4, -0.2) is 4.57 Å². The van der Waals surface area contributed by atoms with Crippen LogP contribution in [0.1, 0.15) is 11.1 Å².